The van der Waals surface area contributed by atoms with Crippen molar-refractivity contribution in [2.75, 3.05) is 0 Å². The lowest BCUT2D eigenvalue weighted by molar-refractivity contribution is -0.130. The standard InChI is InChI=1S/C18H21N3O3/c1-12(17(22)21-14-5-3-2-4-6-14)24-18(23)13-7-8-15-16(11-13)20-10-9-19-15/h7-12,14H,2-6H2,1H3,(H,21,22)/t12-/m1/s1. The third kappa shape index (κ3) is 3.88. The number of hydrogen-bond donors (Lipinski definition) is 1. The van der Waals surface area contributed by atoms with Crippen LogP contribution in [0.25, 0.3) is 11.0 Å². The molecule has 1 fully saturated rings. The molecule has 1 heterocycles. The number of nitrogens with one attached hydrogen (secondary N) is 1. The largest absolute Gasteiger partial charge is 0.449 e. The minimum Gasteiger partial charge on any atom is -0.449 e. The SMILES string of the molecule is C[C@@H](OC(=O)c1ccc2nccnc2c1)C(=O)NC1CCCCC1. The maximum atomic E-state index is 12.2. The molecule has 0 saturated heterocycles. The van der Waals surface area contributed by atoms with Gasteiger partial charge in [0.15, 0.2) is 6.10 Å². The number of hydrogen-bond acceptors (Lipinski definition) is 5. The topological polar surface area (TPSA) is 81.2 Å². The number of carbonyl (C=O) groups excluding carboxylic acids is 2. The van der Waals surface area contributed by atoms with Crippen LogP contribution in [0.1, 0.15) is 49.4 Å². The Hall–Kier alpha value is -2.50. The van der Waals surface area contributed by atoms with E-state index in [0.717, 1.165) is 25.7 Å². The summed E-state index contributed by atoms with van der Waals surface area (Å²) in [7, 11) is 0. The summed E-state index contributed by atoms with van der Waals surface area (Å²) in [6, 6.07) is 5.16. The molecule has 1 aromatic carbocycles. The number of aromatic nitrogens is 2. The number of ether oxygens (including phenoxy) is 1. The molecule has 1 saturated carbocycles. The average Bonchev–Trinajstić information content (AvgIpc) is 2.62. The Morgan fingerprint density at radius 3 is 2.58 bits per heavy atom. The Morgan fingerprint density at radius 2 is 1.83 bits per heavy atom. The van der Waals surface area contributed by atoms with Gasteiger partial charge in [-0.1, -0.05) is 19.3 Å². The number of amides is 1. The molecule has 1 atom stereocenters. The van der Waals surface area contributed by atoms with Crippen molar-refractivity contribution in [2.45, 2.75) is 51.2 Å². The van der Waals surface area contributed by atoms with E-state index in [2.05, 4.69) is 15.3 Å². The van der Waals surface area contributed by atoms with Crippen LogP contribution in [-0.4, -0.2) is 34.0 Å². The molecule has 6 nitrogen and oxygen atoms in total. The summed E-state index contributed by atoms with van der Waals surface area (Å²) in [5.74, 6) is -0.773. The van der Waals surface area contributed by atoms with Crippen molar-refractivity contribution in [2.24, 2.45) is 0 Å². The predicted octanol–water partition coefficient (Wildman–Crippen LogP) is 2.62. The van der Waals surface area contributed by atoms with Crippen molar-refractivity contribution in [3.05, 3.63) is 36.2 Å². The molecule has 3 rings (SSSR count). The van der Waals surface area contributed by atoms with Gasteiger partial charge in [-0.15, -0.1) is 0 Å². The van der Waals surface area contributed by atoms with Gasteiger partial charge in [-0.3, -0.25) is 14.8 Å². The summed E-state index contributed by atoms with van der Waals surface area (Å²) in [5, 5.41) is 2.97. The van der Waals surface area contributed by atoms with E-state index in [1.54, 1.807) is 37.5 Å². The predicted molar refractivity (Wildman–Crippen MR) is 89.4 cm³/mol. The van der Waals surface area contributed by atoms with Crippen LogP contribution in [0.4, 0.5) is 0 Å². The molecule has 1 N–H and O–H groups in total. The molecule has 1 aliphatic carbocycles. The zero-order valence-electron chi connectivity index (χ0n) is 13.7. The fourth-order valence-electron chi connectivity index (χ4n) is 2.94. The van der Waals surface area contributed by atoms with E-state index in [1.165, 1.54) is 6.42 Å². The second-order valence-electron chi connectivity index (χ2n) is 6.15. The first kappa shape index (κ1) is 16.4. The minimum absolute atomic E-state index is 0.198. The number of benzene rings is 1. The Kier molecular flexibility index (Phi) is 5.03. The van der Waals surface area contributed by atoms with Crippen LogP contribution in [0.3, 0.4) is 0 Å². The van der Waals surface area contributed by atoms with Crippen LogP contribution >= 0.6 is 0 Å². The summed E-state index contributed by atoms with van der Waals surface area (Å²) in [4.78, 5) is 32.7. The van der Waals surface area contributed by atoms with Gasteiger partial charge >= 0.3 is 5.97 Å². The molecule has 126 valence electrons. The van der Waals surface area contributed by atoms with Crippen LogP contribution < -0.4 is 5.32 Å². The van der Waals surface area contributed by atoms with Gasteiger partial charge in [-0.2, -0.15) is 0 Å². The molecule has 6 heteroatoms. The lowest BCUT2D eigenvalue weighted by Gasteiger charge is -2.24. The first-order chi connectivity index (χ1) is 11.6. The van der Waals surface area contributed by atoms with Gasteiger partial charge in [0.05, 0.1) is 16.6 Å². The zero-order chi connectivity index (χ0) is 16.9. The number of rotatable bonds is 4. The molecule has 0 spiro atoms. The maximum absolute atomic E-state index is 12.2. The van der Waals surface area contributed by atoms with Gasteiger partial charge in [-0.25, -0.2) is 4.79 Å². The van der Waals surface area contributed by atoms with E-state index in [4.69, 9.17) is 4.74 Å². The molecule has 0 unspecified atom stereocenters. The lowest BCUT2D eigenvalue weighted by Crippen LogP contribution is -2.42. The van der Waals surface area contributed by atoms with E-state index in [0.29, 0.717) is 16.6 Å². The molecular weight excluding hydrogens is 306 g/mol. The fourth-order valence-corrected chi connectivity index (χ4v) is 2.94. The molecule has 24 heavy (non-hydrogen) atoms. The van der Waals surface area contributed by atoms with Crippen molar-refractivity contribution < 1.29 is 14.3 Å². The summed E-state index contributed by atoms with van der Waals surface area (Å²) in [6.07, 6.45) is 7.83. The van der Waals surface area contributed by atoms with Gasteiger partial charge in [0.2, 0.25) is 0 Å². The first-order valence-corrected chi connectivity index (χ1v) is 8.35. The van der Waals surface area contributed by atoms with Crippen LogP contribution in [-0.2, 0) is 9.53 Å². The van der Waals surface area contributed by atoms with Gasteiger partial charge in [0, 0.05) is 18.4 Å². The van der Waals surface area contributed by atoms with E-state index < -0.39 is 12.1 Å². The van der Waals surface area contributed by atoms with Crippen LogP contribution in [0.15, 0.2) is 30.6 Å². The van der Waals surface area contributed by atoms with Crippen molar-refractivity contribution in [3.8, 4) is 0 Å². The second-order valence-corrected chi connectivity index (χ2v) is 6.15. The molecule has 0 radical (unpaired) electrons. The van der Waals surface area contributed by atoms with Crippen LogP contribution in [0.2, 0.25) is 0 Å². The Bertz CT molecular complexity index is 741. The van der Waals surface area contributed by atoms with E-state index >= 15 is 0 Å². The summed E-state index contributed by atoms with van der Waals surface area (Å²) in [6.45, 7) is 1.59. The number of esters is 1. The van der Waals surface area contributed by atoms with Crippen LogP contribution in [0, 0.1) is 0 Å². The Labute approximate surface area is 140 Å². The normalized spacial score (nSPS) is 16.5. The second kappa shape index (κ2) is 7.38. The van der Waals surface area contributed by atoms with Gasteiger partial charge in [-0.05, 0) is 38.0 Å². The smallest absolute Gasteiger partial charge is 0.338 e. The number of nitrogens with zero attached hydrogens (tertiary/aromatic N) is 2. The van der Waals surface area contributed by atoms with Crippen molar-refractivity contribution >= 4 is 22.9 Å². The van der Waals surface area contributed by atoms with E-state index in [1.807, 2.05) is 0 Å². The fraction of sp³-hybridized carbons (Fsp3) is 0.444. The molecule has 0 bridgehead atoms. The lowest BCUT2D eigenvalue weighted by atomic mass is 9.95. The number of fused-ring (bicyclic) bond motifs is 1. The van der Waals surface area contributed by atoms with Gasteiger partial charge in [0.25, 0.3) is 5.91 Å². The summed E-state index contributed by atoms with van der Waals surface area (Å²) < 4.78 is 5.29. The number of carbonyl (C=O) groups is 2. The maximum Gasteiger partial charge on any atom is 0.338 e. The summed E-state index contributed by atoms with van der Waals surface area (Å²) >= 11 is 0. The minimum atomic E-state index is -0.822. The quantitative estimate of drug-likeness (QED) is 0.873. The molecule has 1 aromatic heterocycles. The molecular formula is C18H21N3O3. The van der Waals surface area contributed by atoms with Gasteiger partial charge < -0.3 is 10.1 Å². The highest BCUT2D eigenvalue weighted by Gasteiger charge is 2.23. The summed E-state index contributed by atoms with van der Waals surface area (Å²) in [5.41, 5.74) is 1.68. The monoisotopic (exact) mass is 327 g/mol. The molecule has 1 amide bonds. The highest BCUT2D eigenvalue weighted by atomic mass is 16.5. The van der Waals surface area contributed by atoms with Crippen molar-refractivity contribution in [1.82, 2.24) is 15.3 Å². The van der Waals surface area contributed by atoms with Gasteiger partial charge in [0.1, 0.15) is 0 Å². The third-order valence-electron chi connectivity index (χ3n) is 4.31. The third-order valence-corrected chi connectivity index (χ3v) is 4.31. The highest BCUT2D eigenvalue weighted by Crippen LogP contribution is 2.18. The van der Waals surface area contributed by atoms with Crippen molar-refractivity contribution in [1.29, 1.82) is 0 Å². The highest BCUT2D eigenvalue weighted by molar-refractivity contribution is 5.95. The Morgan fingerprint density at radius 1 is 1.12 bits per heavy atom. The van der Waals surface area contributed by atoms with E-state index in [-0.39, 0.29) is 11.9 Å². The molecule has 1 aliphatic rings. The zero-order valence-corrected chi connectivity index (χ0v) is 13.7. The molecule has 0 aliphatic heterocycles. The molecule has 2 aromatic rings. The van der Waals surface area contributed by atoms with Crippen LogP contribution in [0.5, 0.6) is 0 Å². The first-order valence-electron chi connectivity index (χ1n) is 8.35. The Balaban J connectivity index is 1.60. The average molecular weight is 327 g/mol. The van der Waals surface area contributed by atoms with E-state index in [9.17, 15) is 9.59 Å². The van der Waals surface area contributed by atoms with Crippen molar-refractivity contribution in [3.63, 3.8) is 0 Å².